The molecule has 0 saturated carbocycles. The first kappa shape index (κ1) is 11.8. The highest BCUT2D eigenvalue weighted by atomic mass is 15.4. The van der Waals surface area contributed by atoms with Gasteiger partial charge >= 0.3 is 0 Å². The van der Waals surface area contributed by atoms with Crippen molar-refractivity contribution in [2.24, 2.45) is 12.8 Å². The summed E-state index contributed by atoms with van der Waals surface area (Å²) in [4.78, 5) is 0. The maximum Gasteiger partial charge on any atom is 0.0796 e. The summed E-state index contributed by atoms with van der Waals surface area (Å²) < 4.78 is 1.71. The standard InChI is InChI=1S/C13H18N4/c1-9(2)10-4-6-11(7-5-10)13(14)12-8-15-16-17(12)3/h4-9,13H,14H2,1-3H3. The summed E-state index contributed by atoms with van der Waals surface area (Å²) in [6.07, 6.45) is 1.71. The Hall–Kier alpha value is -1.68. The van der Waals surface area contributed by atoms with Crippen molar-refractivity contribution in [3.63, 3.8) is 0 Å². The summed E-state index contributed by atoms with van der Waals surface area (Å²) in [6.45, 7) is 4.36. The van der Waals surface area contributed by atoms with Crippen molar-refractivity contribution in [2.75, 3.05) is 0 Å². The number of nitrogens with two attached hydrogens (primary N) is 1. The van der Waals surface area contributed by atoms with Gasteiger partial charge in [0.2, 0.25) is 0 Å². The highest BCUT2D eigenvalue weighted by molar-refractivity contribution is 5.30. The van der Waals surface area contributed by atoms with Gasteiger partial charge in [-0.25, -0.2) is 0 Å². The molecular formula is C13H18N4. The smallest absolute Gasteiger partial charge is 0.0796 e. The minimum absolute atomic E-state index is 0.170. The summed E-state index contributed by atoms with van der Waals surface area (Å²) in [5.74, 6) is 0.540. The first-order chi connectivity index (χ1) is 8.09. The summed E-state index contributed by atoms with van der Waals surface area (Å²) in [5, 5.41) is 7.74. The molecule has 0 aliphatic heterocycles. The highest BCUT2D eigenvalue weighted by Crippen LogP contribution is 2.21. The lowest BCUT2D eigenvalue weighted by Gasteiger charge is -2.13. The fraction of sp³-hybridized carbons (Fsp3) is 0.385. The Morgan fingerprint density at radius 2 is 1.71 bits per heavy atom. The van der Waals surface area contributed by atoms with Gasteiger partial charge in [-0.15, -0.1) is 5.10 Å². The zero-order valence-electron chi connectivity index (χ0n) is 10.5. The number of nitrogens with zero attached hydrogens (tertiary/aromatic N) is 3. The number of hydrogen-bond donors (Lipinski definition) is 1. The van der Waals surface area contributed by atoms with Crippen LogP contribution in [0.4, 0.5) is 0 Å². The Labute approximate surface area is 101 Å². The van der Waals surface area contributed by atoms with Gasteiger partial charge in [0.05, 0.1) is 17.9 Å². The van der Waals surface area contributed by atoms with Crippen molar-refractivity contribution in [3.05, 3.63) is 47.3 Å². The van der Waals surface area contributed by atoms with Crippen molar-refractivity contribution in [1.82, 2.24) is 15.0 Å². The number of aryl methyl sites for hydroxylation is 1. The van der Waals surface area contributed by atoms with Crippen molar-refractivity contribution < 1.29 is 0 Å². The number of benzene rings is 1. The molecular weight excluding hydrogens is 212 g/mol. The van der Waals surface area contributed by atoms with Crippen LogP contribution in [0.1, 0.15) is 42.6 Å². The van der Waals surface area contributed by atoms with E-state index < -0.39 is 0 Å². The van der Waals surface area contributed by atoms with Gasteiger partial charge in [0.1, 0.15) is 0 Å². The molecule has 0 radical (unpaired) electrons. The first-order valence-electron chi connectivity index (χ1n) is 5.79. The van der Waals surface area contributed by atoms with E-state index in [4.69, 9.17) is 5.73 Å². The molecule has 4 heteroatoms. The molecule has 0 saturated heterocycles. The summed E-state index contributed by atoms with van der Waals surface area (Å²) >= 11 is 0. The molecule has 17 heavy (non-hydrogen) atoms. The predicted molar refractivity (Wildman–Crippen MR) is 67.6 cm³/mol. The Kier molecular flexibility index (Phi) is 3.24. The number of aromatic nitrogens is 3. The summed E-state index contributed by atoms with van der Waals surface area (Å²) in [5.41, 5.74) is 9.51. The van der Waals surface area contributed by atoms with Crippen LogP contribution in [0.3, 0.4) is 0 Å². The van der Waals surface area contributed by atoms with E-state index in [1.165, 1.54) is 5.56 Å². The van der Waals surface area contributed by atoms with E-state index in [0.717, 1.165) is 11.3 Å². The van der Waals surface area contributed by atoms with E-state index >= 15 is 0 Å². The van der Waals surface area contributed by atoms with Gasteiger partial charge in [0.25, 0.3) is 0 Å². The maximum absolute atomic E-state index is 6.19. The second kappa shape index (κ2) is 4.67. The normalized spacial score (nSPS) is 13.0. The molecule has 0 aliphatic rings. The van der Waals surface area contributed by atoms with Crippen molar-refractivity contribution >= 4 is 0 Å². The van der Waals surface area contributed by atoms with Crippen LogP contribution in [0.2, 0.25) is 0 Å². The van der Waals surface area contributed by atoms with Gasteiger partial charge in [0, 0.05) is 7.05 Å². The third-order valence-corrected chi connectivity index (χ3v) is 3.03. The lowest BCUT2D eigenvalue weighted by molar-refractivity contribution is 0.651. The van der Waals surface area contributed by atoms with Crippen molar-refractivity contribution in [2.45, 2.75) is 25.8 Å². The topological polar surface area (TPSA) is 56.7 Å². The molecule has 1 aromatic heterocycles. The van der Waals surface area contributed by atoms with Gasteiger partial charge in [-0.1, -0.05) is 43.3 Å². The molecule has 1 unspecified atom stereocenters. The van der Waals surface area contributed by atoms with E-state index in [9.17, 15) is 0 Å². The lowest BCUT2D eigenvalue weighted by Crippen LogP contribution is -2.15. The second-order valence-electron chi connectivity index (χ2n) is 4.58. The Morgan fingerprint density at radius 3 is 2.18 bits per heavy atom. The molecule has 0 amide bonds. The summed E-state index contributed by atoms with van der Waals surface area (Å²) in [6, 6.07) is 8.24. The quantitative estimate of drug-likeness (QED) is 0.877. The monoisotopic (exact) mass is 230 g/mol. The van der Waals surface area contributed by atoms with E-state index in [-0.39, 0.29) is 6.04 Å². The largest absolute Gasteiger partial charge is 0.319 e. The molecule has 4 nitrogen and oxygen atoms in total. The minimum Gasteiger partial charge on any atom is -0.319 e. The van der Waals surface area contributed by atoms with Gasteiger partial charge in [0.15, 0.2) is 0 Å². The Bertz CT molecular complexity index is 484. The molecule has 1 heterocycles. The van der Waals surface area contributed by atoms with Crippen LogP contribution in [0.5, 0.6) is 0 Å². The molecule has 0 bridgehead atoms. The second-order valence-corrected chi connectivity index (χ2v) is 4.58. The average molecular weight is 230 g/mol. The minimum atomic E-state index is -0.170. The van der Waals surface area contributed by atoms with Crippen LogP contribution >= 0.6 is 0 Å². The van der Waals surface area contributed by atoms with E-state index in [2.05, 4.69) is 48.4 Å². The van der Waals surface area contributed by atoms with E-state index in [1.54, 1.807) is 10.9 Å². The molecule has 2 aromatic rings. The predicted octanol–water partition coefficient (Wildman–Crippen LogP) is 1.99. The molecule has 90 valence electrons. The van der Waals surface area contributed by atoms with Gasteiger partial charge in [-0.05, 0) is 17.0 Å². The van der Waals surface area contributed by atoms with Crippen LogP contribution in [-0.2, 0) is 7.05 Å². The van der Waals surface area contributed by atoms with E-state index in [1.807, 2.05) is 7.05 Å². The molecule has 1 aromatic carbocycles. The molecule has 0 aliphatic carbocycles. The third kappa shape index (κ3) is 2.36. The van der Waals surface area contributed by atoms with Gasteiger partial charge in [-0.2, -0.15) is 0 Å². The van der Waals surface area contributed by atoms with Crippen LogP contribution in [-0.4, -0.2) is 15.0 Å². The zero-order chi connectivity index (χ0) is 12.4. The van der Waals surface area contributed by atoms with Crippen LogP contribution in [0.25, 0.3) is 0 Å². The number of rotatable bonds is 3. The van der Waals surface area contributed by atoms with Crippen LogP contribution < -0.4 is 5.73 Å². The van der Waals surface area contributed by atoms with Crippen molar-refractivity contribution in [1.29, 1.82) is 0 Å². The molecule has 2 N–H and O–H groups in total. The molecule has 2 rings (SSSR count). The lowest BCUT2D eigenvalue weighted by atomic mass is 9.98. The molecule has 0 spiro atoms. The molecule has 0 fully saturated rings. The zero-order valence-corrected chi connectivity index (χ0v) is 10.5. The first-order valence-corrected chi connectivity index (χ1v) is 5.79. The van der Waals surface area contributed by atoms with Crippen molar-refractivity contribution in [3.8, 4) is 0 Å². The fourth-order valence-corrected chi connectivity index (χ4v) is 1.84. The summed E-state index contributed by atoms with van der Waals surface area (Å²) in [7, 11) is 1.85. The Balaban J connectivity index is 2.26. The SMILES string of the molecule is CC(C)c1ccc(C(N)c2cnnn2C)cc1. The highest BCUT2D eigenvalue weighted by Gasteiger charge is 2.13. The van der Waals surface area contributed by atoms with Gasteiger partial charge in [-0.3, -0.25) is 4.68 Å². The van der Waals surface area contributed by atoms with Crippen LogP contribution in [0, 0.1) is 0 Å². The van der Waals surface area contributed by atoms with Crippen LogP contribution in [0.15, 0.2) is 30.5 Å². The average Bonchev–Trinajstić information content (AvgIpc) is 2.74. The number of hydrogen-bond acceptors (Lipinski definition) is 3. The third-order valence-electron chi connectivity index (χ3n) is 3.03. The van der Waals surface area contributed by atoms with E-state index in [0.29, 0.717) is 5.92 Å². The molecule has 1 atom stereocenters. The van der Waals surface area contributed by atoms with Gasteiger partial charge < -0.3 is 5.73 Å². The maximum atomic E-state index is 6.19. The Morgan fingerprint density at radius 1 is 1.12 bits per heavy atom. The fourth-order valence-electron chi connectivity index (χ4n) is 1.84.